The van der Waals surface area contributed by atoms with E-state index < -0.39 is 0 Å². The lowest BCUT2D eigenvalue weighted by atomic mass is 10.5. The SMILES string of the molecule is Cc1nnc(CCl)n1C1CC1. The zero-order chi connectivity index (χ0) is 7.84. The number of hydrogen-bond acceptors (Lipinski definition) is 2. The third kappa shape index (κ3) is 1.13. The van der Waals surface area contributed by atoms with Gasteiger partial charge in [-0.1, -0.05) is 0 Å². The van der Waals surface area contributed by atoms with Crippen LogP contribution in [-0.4, -0.2) is 14.8 Å². The molecule has 0 radical (unpaired) electrons. The monoisotopic (exact) mass is 171 g/mol. The van der Waals surface area contributed by atoms with Crippen LogP contribution in [0.3, 0.4) is 0 Å². The summed E-state index contributed by atoms with van der Waals surface area (Å²) in [6.45, 7) is 1.97. The van der Waals surface area contributed by atoms with Crippen molar-refractivity contribution in [1.82, 2.24) is 14.8 Å². The van der Waals surface area contributed by atoms with Crippen molar-refractivity contribution in [2.75, 3.05) is 0 Å². The molecular formula is C7H10ClN3. The molecular weight excluding hydrogens is 162 g/mol. The highest BCUT2D eigenvalue weighted by atomic mass is 35.5. The summed E-state index contributed by atoms with van der Waals surface area (Å²) in [6.07, 6.45) is 2.51. The lowest BCUT2D eigenvalue weighted by molar-refractivity contribution is 0.682. The fourth-order valence-electron chi connectivity index (χ4n) is 1.31. The molecule has 4 heteroatoms. The van der Waals surface area contributed by atoms with Crippen molar-refractivity contribution in [2.24, 2.45) is 0 Å². The number of nitrogens with zero attached hydrogens (tertiary/aromatic N) is 3. The van der Waals surface area contributed by atoms with Crippen LogP contribution in [0.5, 0.6) is 0 Å². The fraction of sp³-hybridized carbons (Fsp3) is 0.714. The predicted molar refractivity (Wildman–Crippen MR) is 42.6 cm³/mol. The van der Waals surface area contributed by atoms with Gasteiger partial charge in [0.05, 0.1) is 5.88 Å². The van der Waals surface area contributed by atoms with Crippen molar-refractivity contribution < 1.29 is 0 Å². The van der Waals surface area contributed by atoms with E-state index in [-0.39, 0.29) is 0 Å². The van der Waals surface area contributed by atoms with E-state index in [0.29, 0.717) is 11.9 Å². The summed E-state index contributed by atoms with van der Waals surface area (Å²) >= 11 is 5.69. The largest absolute Gasteiger partial charge is 0.311 e. The van der Waals surface area contributed by atoms with Gasteiger partial charge in [0.25, 0.3) is 0 Å². The zero-order valence-electron chi connectivity index (χ0n) is 6.42. The first-order chi connectivity index (χ1) is 5.33. The van der Waals surface area contributed by atoms with E-state index in [9.17, 15) is 0 Å². The summed E-state index contributed by atoms with van der Waals surface area (Å²) in [5, 5.41) is 7.95. The van der Waals surface area contributed by atoms with Crippen molar-refractivity contribution in [1.29, 1.82) is 0 Å². The van der Waals surface area contributed by atoms with E-state index in [0.717, 1.165) is 11.6 Å². The fourth-order valence-corrected chi connectivity index (χ4v) is 1.49. The maximum Gasteiger partial charge on any atom is 0.148 e. The van der Waals surface area contributed by atoms with Crippen LogP contribution in [0.15, 0.2) is 0 Å². The quantitative estimate of drug-likeness (QED) is 0.634. The Morgan fingerprint density at radius 2 is 2.27 bits per heavy atom. The van der Waals surface area contributed by atoms with Gasteiger partial charge in [-0.2, -0.15) is 0 Å². The molecule has 0 spiro atoms. The average Bonchev–Trinajstić information content (AvgIpc) is 2.76. The van der Waals surface area contributed by atoms with Crippen molar-refractivity contribution >= 4 is 11.6 Å². The van der Waals surface area contributed by atoms with Crippen molar-refractivity contribution in [3.05, 3.63) is 11.6 Å². The molecule has 1 aromatic heterocycles. The maximum absolute atomic E-state index is 5.69. The van der Waals surface area contributed by atoms with Gasteiger partial charge in [-0.15, -0.1) is 21.8 Å². The Morgan fingerprint density at radius 1 is 1.55 bits per heavy atom. The van der Waals surface area contributed by atoms with Crippen LogP contribution in [0, 0.1) is 6.92 Å². The van der Waals surface area contributed by atoms with Gasteiger partial charge in [0.1, 0.15) is 11.6 Å². The number of halogens is 1. The second kappa shape index (κ2) is 2.48. The molecule has 0 unspecified atom stereocenters. The van der Waals surface area contributed by atoms with Crippen LogP contribution in [0.25, 0.3) is 0 Å². The average molecular weight is 172 g/mol. The third-order valence-corrected chi connectivity index (χ3v) is 2.21. The van der Waals surface area contributed by atoms with Gasteiger partial charge in [-0.05, 0) is 19.8 Å². The molecule has 0 bridgehead atoms. The molecule has 1 aliphatic rings. The van der Waals surface area contributed by atoms with Gasteiger partial charge in [0, 0.05) is 6.04 Å². The van der Waals surface area contributed by atoms with Gasteiger partial charge < -0.3 is 4.57 Å². The second-order valence-corrected chi connectivity index (χ2v) is 3.17. The van der Waals surface area contributed by atoms with Crippen LogP contribution in [0.4, 0.5) is 0 Å². The van der Waals surface area contributed by atoms with Gasteiger partial charge in [-0.3, -0.25) is 0 Å². The van der Waals surface area contributed by atoms with Gasteiger partial charge in [-0.25, -0.2) is 0 Å². The molecule has 1 heterocycles. The number of rotatable bonds is 2. The number of alkyl halides is 1. The molecule has 0 aromatic carbocycles. The molecule has 0 atom stereocenters. The van der Waals surface area contributed by atoms with Crippen LogP contribution >= 0.6 is 11.6 Å². The first-order valence-electron chi connectivity index (χ1n) is 3.79. The summed E-state index contributed by atoms with van der Waals surface area (Å²) in [4.78, 5) is 0. The Bertz CT molecular complexity index is 265. The van der Waals surface area contributed by atoms with E-state index in [2.05, 4.69) is 14.8 Å². The van der Waals surface area contributed by atoms with Gasteiger partial charge in [0.15, 0.2) is 0 Å². The Morgan fingerprint density at radius 3 is 2.82 bits per heavy atom. The zero-order valence-corrected chi connectivity index (χ0v) is 7.17. The molecule has 0 amide bonds. The van der Waals surface area contributed by atoms with Crippen LogP contribution < -0.4 is 0 Å². The van der Waals surface area contributed by atoms with E-state index in [1.807, 2.05) is 6.92 Å². The summed E-state index contributed by atoms with van der Waals surface area (Å²) < 4.78 is 2.15. The highest BCUT2D eigenvalue weighted by Crippen LogP contribution is 2.36. The Kier molecular flexibility index (Phi) is 1.60. The minimum absolute atomic E-state index is 0.470. The van der Waals surface area contributed by atoms with Crippen molar-refractivity contribution in [3.63, 3.8) is 0 Å². The number of hydrogen-bond donors (Lipinski definition) is 0. The molecule has 1 aliphatic carbocycles. The van der Waals surface area contributed by atoms with E-state index in [1.165, 1.54) is 12.8 Å². The van der Waals surface area contributed by atoms with E-state index >= 15 is 0 Å². The first-order valence-corrected chi connectivity index (χ1v) is 4.32. The first kappa shape index (κ1) is 7.10. The molecule has 0 aliphatic heterocycles. The Labute approximate surface area is 70.4 Å². The van der Waals surface area contributed by atoms with Crippen molar-refractivity contribution in [3.8, 4) is 0 Å². The molecule has 3 nitrogen and oxygen atoms in total. The Hall–Kier alpha value is -0.570. The van der Waals surface area contributed by atoms with Crippen LogP contribution in [-0.2, 0) is 5.88 Å². The summed E-state index contributed by atoms with van der Waals surface area (Å²) in [7, 11) is 0. The molecule has 1 aromatic rings. The smallest absolute Gasteiger partial charge is 0.148 e. The maximum atomic E-state index is 5.69. The third-order valence-electron chi connectivity index (χ3n) is 1.97. The highest BCUT2D eigenvalue weighted by molar-refractivity contribution is 6.16. The lowest BCUT2D eigenvalue weighted by Gasteiger charge is -2.02. The lowest BCUT2D eigenvalue weighted by Crippen LogP contribution is -2.01. The predicted octanol–water partition coefficient (Wildman–Crippen LogP) is 1.66. The minimum atomic E-state index is 0.470. The summed E-state index contributed by atoms with van der Waals surface area (Å²) in [5.41, 5.74) is 0. The van der Waals surface area contributed by atoms with Gasteiger partial charge in [0.2, 0.25) is 0 Å². The summed E-state index contributed by atoms with van der Waals surface area (Å²) in [5.74, 6) is 2.37. The molecule has 11 heavy (non-hydrogen) atoms. The normalized spacial score (nSPS) is 17.3. The van der Waals surface area contributed by atoms with Crippen LogP contribution in [0.1, 0.15) is 30.5 Å². The standard InChI is InChI=1S/C7H10ClN3/c1-5-9-10-7(4-8)11(5)6-2-3-6/h6H,2-4H2,1H3. The molecule has 2 rings (SSSR count). The molecule has 1 fully saturated rings. The second-order valence-electron chi connectivity index (χ2n) is 2.90. The van der Waals surface area contributed by atoms with Crippen molar-refractivity contribution in [2.45, 2.75) is 31.7 Å². The molecule has 0 N–H and O–H groups in total. The minimum Gasteiger partial charge on any atom is -0.311 e. The molecule has 1 saturated carbocycles. The number of aryl methyl sites for hydroxylation is 1. The molecule has 0 saturated heterocycles. The van der Waals surface area contributed by atoms with Crippen LogP contribution in [0.2, 0.25) is 0 Å². The van der Waals surface area contributed by atoms with E-state index in [4.69, 9.17) is 11.6 Å². The Balaban J connectivity index is 2.38. The topological polar surface area (TPSA) is 30.7 Å². The molecule has 60 valence electrons. The van der Waals surface area contributed by atoms with E-state index in [1.54, 1.807) is 0 Å². The number of aromatic nitrogens is 3. The summed E-state index contributed by atoms with van der Waals surface area (Å²) in [6, 6.07) is 0.638. The highest BCUT2D eigenvalue weighted by Gasteiger charge is 2.27. The van der Waals surface area contributed by atoms with Gasteiger partial charge >= 0.3 is 0 Å².